The van der Waals surface area contributed by atoms with Crippen LogP contribution in [0.3, 0.4) is 0 Å². The van der Waals surface area contributed by atoms with Gasteiger partial charge in [0.25, 0.3) is 5.91 Å². The van der Waals surface area contributed by atoms with E-state index in [0.29, 0.717) is 6.54 Å². The highest BCUT2D eigenvalue weighted by atomic mass is 16.2. The molecule has 2 heterocycles. The van der Waals surface area contributed by atoms with Crippen molar-refractivity contribution in [2.24, 2.45) is 0 Å². The van der Waals surface area contributed by atoms with Crippen molar-refractivity contribution >= 4 is 5.91 Å². The molecule has 0 bridgehead atoms. The lowest BCUT2D eigenvalue weighted by Crippen LogP contribution is -2.35. The van der Waals surface area contributed by atoms with Crippen molar-refractivity contribution in [1.82, 2.24) is 34.9 Å². The maximum atomic E-state index is 13.2. The minimum absolute atomic E-state index is 0.0883. The van der Waals surface area contributed by atoms with Crippen LogP contribution < -0.4 is 0 Å². The minimum atomic E-state index is -0.607. The maximum absolute atomic E-state index is 13.2. The third-order valence-electron chi connectivity index (χ3n) is 4.48. The summed E-state index contributed by atoms with van der Waals surface area (Å²) >= 11 is 0. The van der Waals surface area contributed by atoms with Crippen LogP contribution in [0, 0.1) is 0 Å². The van der Waals surface area contributed by atoms with Gasteiger partial charge in [-0.05, 0) is 39.8 Å². The predicted molar refractivity (Wildman–Crippen MR) is 102 cm³/mol. The number of likely N-dealkylation sites (N-methyl/N-ethyl adjacent to an activating group) is 1. The molecule has 1 atom stereocenters. The number of nitrogens with zero attached hydrogens (tertiary/aromatic N) is 7. The predicted octanol–water partition coefficient (Wildman–Crippen LogP) is 2.11. The molecule has 4 rings (SSSR count). The van der Waals surface area contributed by atoms with E-state index in [0.717, 1.165) is 16.8 Å². The summed E-state index contributed by atoms with van der Waals surface area (Å²) in [6.07, 6.45) is 5.09. The fourth-order valence-electron chi connectivity index (χ4n) is 3.07. The second-order valence-corrected chi connectivity index (χ2v) is 6.41. The third-order valence-corrected chi connectivity index (χ3v) is 4.48. The summed E-state index contributed by atoms with van der Waals surface area (Å²) in [5.41, 5.74) is 2.83. The molecule has 8 nitrogen and oxygen atoms in total. The van der Waals surface area contributed by atoms with Crippen LogP contribution >= 0.6 is 0 Å². The number of carbonyl (C=O) groups excluding carboxylic acids is 1. The number of rotatable bonds is 6. The van der Waals surface area contributed by atoms with Crippen LogP contribution in [0.4, 0.5) is 0 Å². The lowest BCUT2D eigenvalue weighted by Gasteiger charge is -2.24. The quantitative estimate of drug-likeness (QED) is 0.517. The van der Waals surface area contributed by atoms with Gasteiger partial charge in [0.1, 0.15) is 6.33 Å². The van der Waals surface area contributed by atoms with Gasteiger partial charge in [0.05, 0.1) is 5.69 Å². The van der Waals surface area contributed by atoms with E-state index in [1.165, 1.54) is 11.0 Å². The normalized spacial score (nSPS) is 11.9. The van der Waals surface area contributed by atoms with Crippen LogP contribution in [0.15, 0.2) is 79.4 Å². The van der Waals surface area contributed by atoms with Crippen molar-refractivity contribution in [1.29, 1.82) is 0 Å². The Hall–Kier alpha value is -3.81. The largest absolute Gasteiger partial charge is 0.339 e. The molecule has 0 saturated carbocycles. The van der Waals surface area contributed by atoms with Gasteiger partial charge >= 0.3 is 0 Å². The first-order chi connectivity index (χ1) is 13.7. The molecule has 2 aromatic carbocycles. The molecule has 0 unspecified atom stereocenters. The standard InChI is InChI=1S/C20H19N7O/c1-25(14-16-8-10-18(11-9-16)26-13-5-12-22-26)20(28)19(27-15-21-23-24-27)17-6-3-2-4-7-17/h2-13,15,19H,14H2,1H3/t19-/m0/s1. The molecular weight excluding hydrogens is 354 g/mol. The number of hydrogen-bond donors (Lipinski definition) is 0. The Bertz CT molecular complexity index is 1010. The average molecular weight is 373 g/mol. The molecule has 2 aromatic heterocycles. The molecule has 140 valence electrons. The van der Waals surface area contributed by atoms with E-state index >= 15 is 0 Å². The summed E-state index contributed by atoms with van der Waals surface area (Å²) < 4.78 is 3.27. The fraction of sp³-hybridized carbons (Fsp3) is 0.150. The molecule has 8 heteroatoms. The molecule has 4 aromatic rings. The van der Waals surface area contributed by atoms with Crippen LogP contribution in [0.5, 0.6) is 0 Å². The molecule has 1 amide bonds. The van der Waals surface area contributed by atoms with Gasteiger partial charge in [-0.25, -0.2) is 9.36 Å². The van der Waals surface area contributed by atoms with Gasteiger partial charge < -0.3 is 4.90 Å². The summed E-state index contributed by atoms with van der Waals surface area (Å²) in [7, 11) is 1.78. The zero-order valence-corrected chi connectivity index (χ0v) is 15.3. The van der Waals surface area contributed by atoms with E-state index in [9.17, 15) is 4.79 Å². The number of carbonyl (C=O) groups is 1. The number of benzene rings is 2. The highest BCUT2D eigenvalue weighted by molar-refractivity contribution is 5.83. The number of amides is 1. The Morgan fingerprint density at radius 3 is 2.50 bits per heavy atom. The second kappa shape index (κ2) is 7.83. The van der Waals surface area contributed by atoms with Crippen molar-refractivity contribution in [2.45, 2.75) is 12.6 Å². The van der Waals surface area contributed by atoms with Crippen LogP contribution in [0.25, 0.3) is 5.69 Å². The average Bonchev–Trinajstić information content (AvgIpc) is 3.44. The topological polar surface area (TPSA) is 81.7 Å². The molecule has 28 heavy (non-hydrogen) atoms. The molecular formula is C20H19N7O. The Morgan fingerprint density at radius 1 is 1.07 bits per heavy atom. The Labute approximate surface area is 162 Å². The molecule has 0 spiro atoms. The molecule has 0 saturated heterocycles. The Kier molecular flexibility index (Phi) is 4.92. The second-order valence-electron chi connectivity index (χ2n) is 6.41. The van der Waals surface area contributed by atoms with E-state index in [4.69, 9.17) is 0 Å². The molecule has 0 aliphatic rings. The zero-order valence-electron chi connectivity index (χ0n) is 15.3. The van der Waals surface area contributed by atoms with E-state index in [2.05, 4.69) is 20.6 Å². The molecule has 0 fully saturated rings. The van der Waals surface area contributed by atoms with Crippen molar-refractivity contribution < 1.29 is 4.79 Å². The summed E-state index contributed by atoms with van der Waals surface area (Å²) in [6, 6.07) is 18.7. The highest BCUT2D eigenvalue weighted by Crippen LogP contribution is 2.20. The lowest BCUT2D eigenvalue weighted by atomic mass is 10.1. The molecule has 0 N–H and O–H groups in total. The van der Waals surface area contributed by atoms with Gasteiger partial charge in [-0.1, -0.05) is 42.5 Å². The van der Waals surface area contributed by atoms with Crippen molar-refractivity contribution in [3.8, 4) is 5.69 Å². The van der Waals surface area contributed by atoms with Gasteiger partial charge in [0.15, 0.2) is 6.04 Å². The highest BCUT2D eigenvalue weighted by Gasteiger charge is 2.26. The first-order valence-electron chi connectivity index (χ1n) is 8.84. The number of tetrazole rings is 1. The van der Waals surface area contributed by atoms with Gasteiger partial charge in [-0.2, -0.15) is 5.10 Å². The Balaban J connectivity index is 1.53. The first kappa shape index (κ1) is 17.6. The Morgan fingerprint density at radius 2 is 1.86 bits per heavy atom. The zero-order chi connectivity index (χ0) is 19.3. The molecule has 0 aliphatic carbocycles. The maximum Gasteiger partial charge on any atom is 0.252 e. The molecule has 0 radical (unpaired) electrons. The third kappa shape index (κ3) is 3.66. The van der Waals surface area contributed by atoms with Crippen LogP contribution in [-0.2, 0) is 11.3 Å². The number of hydrogen-bond acceptors (Lipinski definition) is 5. The van der Waals surface area contributed by atoms with E-state index < -0.39 is 6.04 Å². The van der Waals surface area contributed by atoms with Crippen molar-refractivity contribution in [2.75, 3.05) is 7.05 Å². The number of aromatic nitrogens is 6. The van der Waals surface area contributed by atoms with Crippen molar-refractivity contribution in [3.05, 3.63) is 90.5 Å². The van der Waals surface area contributed by atoms with Crippen LogP contribution in [0.2, 0.25) is 0 Å². The smallest absolute Gasteiger partial charge is 0.252 e. The summed E-state index contributed by atoms with van der Waals surface area (Å²) in [5, 5.41) is 15.5. The minimum Gasteiger partial charge on any atom is -0.339 e. The van der Waals surface area contributed by atoms with E-state index in [-0.39, 0.29) is 5.91 Å². The van der Waals surface area contributed by atoms with Crippen LogP contribution in [0.1, 0.15) is 17.2 Å². The van der Waals surface area contributed by atoms with E-state index in [1.807, 2.05) is 66.9 Å². The van der Waals surface area contributed by atoms with Gasteiger partial charge in [-0.15, -0.1) is 5.10 Å². The monoisotopic (exact) mass is 373 g/mol. The van der Waals surface area contributed by atoms with Gasteiger partial charge in [0, 0.05) is 26.0 Å². The summed E-state index contributed by atoms with van der Waals surface area (Å²) in [5.74, 6) is -0.0883. The molecule has 0 aliphatic heterocycles. The van der Waals surface area contributed by atoms with Gasteiger partial charge in [0.2, 0.25) is 0 Å². The first-order valence-corrected chi connectivity index (χ1v) is 8.84. The summed E-state index contributed by atoms with van der Waals surface area (Å²) in [6.45, 7) is 0.476. The van der Waals surface area contributed by atoms with Gasteiger partial charge in [-0.3, -0.25) is 4.79 Å². The fourth-order valence-corrected chi connectivity index (χ4v) is 3.07. The SMILES string of the molecule is CN(Cc1ccc(-n2cccn2)cc1)C(=O)[C@H](c1ccccc1)n1cnnn1. The lowest BCUT2D eigenvalue weighted by molar-refractivity contribution is -0.133. The summed E-state index contributed by atoms with van der Waals surface area (Å²) in [4.78, 5) is 14.9. The van der Waals surface area contributed by atoms with Crippen LogP contribution in [-0.4, -0.2) is 47.8 Å². The van der Waals surface area contributed by atoms with Crippen molar-refractivity contribution in [3.63, 3.8) is 0 Å². The van der Waals surface area contributed by atoms with E-state index in [1.54, 1.807) is 22.8 Å².